The maximum atomic E-state index is 11.9. The number of piperidine rings is 1. The molecular formula is C30H58N2O4. The molecule has 0 aromatic carbocycles. The van der Waals surface area contributed by atoms with E-state index >= 15 is 0 Å². The van der Waals surface area contributed by atoms with E-state index in [1.54, 1.807) is 0 Å². The third kappa shape index (κ3) is 18.2. The smallest absolute Gasteiger partial charge is 0.307 e. The largest absolute Gasteiger partial charge is 0.466 e. The molecule has 1 aliphatic heterocycles. The van der Waals surface area contributed by atoms with Crippen molar-refractivity contribution < 1.29 is 19.1 Å². The zero-order chi connectivity index (χ0) is 27.0. The summed E-state index contributed by atoms with van der Waals surface area (Å²) in [6.07, 6.45) is 10.5. The second kappa shape index (κ2) is 18.2. The zero-order valence-electron chi connectivity index (χ0n) is 24.8. The first-order valence-corrected chi connectivity index (χ1v) is 14.7. The van der Waals surface area contributed by atoms with E-state index in [4.69, 9.17) is 9.47 Å². The minimum atomic E-state index is -0.0771. The molecule has 6 nitrogen and oxygen atoms in total. The fourth-order valence-corrected chi connectivity index (χ4v) is 4.51. The van der Waals surface area contributed by atoms with Gasteiger partial charge in [0.15, 0.2) is 0 Å². The third-order valence-corrected chi connectivity index (χ3v) is 7.42. The maximum absolute atomic E-state index is 11.9. The summed E-state index contributed by atoms with van der Waals surface area (Å²) < 4.78 is 10.7. The van der Waals surface area contributed by atoms with E-state index in [0.29, 0.717) is 37.9 Å². The fourth-order valence-electron chi connectivity index (χ4n) is 4.51. The summed E-state index contributed by atoms with van der Waals surface area (Å²) in [5.41, 5.74) is 0.203. The Morgan fingerprint density at radius 3 is 2.19 bits per heavy atom. The summed E-state index contributed by atoms with van der Waals surface area (Å²) in [6, 6.07) is 0. The van der Waals surface area contributed by atoms with E-state index < -0.39 is 0 Å². The number of likely N-dealkylation sites (tertiary alicyclic amines) is 1. The molecule has 0 N–H and O–H groups in total. The number of esters is 2. The van der Waals surface area contributed by atoms with Crippen LogP contribution in [0.25, 0.3) is 0 Å². The van der Waals surface area contributed by atoms with Crippen LogP contribution in [-0.2, 0) is 19.1 Å². The minimum absolute atomic E-state index is 0.0477. The molecule has 212 valence electrons. The lowest BCUT2D eigenvalue weighted by Gasteiger charge is -2.32. The van der Waals surface area contributed by atoms with Crippen LogP contribution in [0.1, 0.15) is 106 Å². The lowest BCUT2D eigenvalue weighted by Crippen LogP contribution is -2.35. The van der Waals surface area contributed by atoms with Gasteiger partial charge in [-0.2, -0.15) is 0 Å². The van der Waals surface area contributed by atoms with Crippen molar-refractivity contribution in [3.63, 3.8) is 0 Å². The van der Waals surface area contributed by atoms with Gasteiger partial charge in [-0.1, -0.05) is 60.8 Å². The van der Waals surface area contributed by atoms with E-state index in [1.807, 2.05) is 0 Å². The second-order valence-corrected chi connectivity index (χ2v) is 12.8. The molecule has 6 heteroatoms. The van der Waals surface area contributed by atoms with Crippen molar-refractivity contribution >= 4 is 11.9 Å². The second-order valence-electron chi connectivity index (χ2n) is 12.8. The molecule has 1 heterocycles. The number of rotatable bonds is 18. The summed E-state index contributed by atoms with van der Waals surface area (Å²) in [4.78, 5) is 28.5. The Morgan fingerprint density at radius 2 is 1.56 bits per heavy atom. The molecular weight excluding hydrogens is 452 g/mol. The summed E-state index contributed by atoms with van der Waals surface area (Å²) in [6.45, 7) is 19.1. The highest BCUT2D eigenvalue weighted by Gasteiger charge is 2.20. The Morgan fingerprint density at radius 1 is 0.917 bits per heavy atom. The van der Waals surface area contributed by atoms with Gasteiger partial charge in [0.1, 0.15) is 0 Å². The normalized spacial score (nSPS) is 16.5. The molecule has 0 amide bonds. The number of hydrogen-bond acceptors (Lipinski definition) is 6. The molecule has 1 unspecified atom stereocenters. The van der Waals surface area contributed by atoms with E-state index in [-0.39, 0.29) is 17.4 Å². The number of carbonyl (C=O) groups excluding carboxylic acids is 2. The van der Waals surface area contributed by atoms with Gasteiger partial charge in [-0.15, -0.1) is 0 Å². The van der Waals surface area contributed by atoms with Crippen LogP contribution < -0.4 is 0 Å². The molecule has 1 fully saturated rings. The number of nitrogens with zero attached hydrogens (tertiary/aromatic N) is 2. The van der Waals surface area contributed by atoms with Crippen LogP contribution in [0.2, 0.25) is 0 Å². The van der Waals surface area contributed by atoms with Crippen LogP contribution in [0.4, 0.5) is 0 Å². The fraction of sp³-hybridized carbons (Fsp3) is 0.933. The van der Waals surface area contributed by atoms with Crippen molar-refractivity contribution in [2.75, 3.05) is 53.0 Å². The quantitative estimate of drug-likeness (QED) is 0.205. The Bertz CT molecular complexity index is 594. The SMILES string of the molecule is CC(C)CCOC(=O)CCN1CCC(CCCC(C)CCN(C)CCC(=O)OCCC(C)(C)C)CC1. The predicted molar refractivity (Wildman–Crippen MR) is 149 cm³/mol. The zero-order valence-corrected chi connectivity index (χ0v) is 24.8. The first-order valence-electron chi connectivity index (χ1n) is 14.7. The van der Waals surface area contributed by atoms with E-state index in [2.05, 4.69) is 58.4 Å². The number of hydrogen-bond donors (Lipinski definition) is 0. The summed E-state index contributed by atoms with van der Waals surface area (Å²) in [5, 5.41) is 0. The molecule has 0 aliphatic carbocycles. The average molecular weight is 511 g/mol. The highest BCUT2D eigenvalue weighted by molar-refractivity contribution is 5.69. The molecule has 1 rings (SSSR count). The maximum Gasteiger partial charge on any atom is 0.307 e. The Labute approximate surface area is 222 Å². The first kappa shape index (κ1) is 32.9. The van der Waals surface area contributed by atoms with Gasteiger partial charge in [-0.25, -0.2) is 0 Å². The van der Waals surface area contributed by atoms with Crippen molar-refractivity contribution in [1.29, 1.82) is 0 Å². The van der Waals surface area contributed by atoms with E-state index in [9.17, 15) is 9.59 Å². The summed E-state index contributed by atoms with van der Waals surface area (Å²) in [7, 11) is 2.11. The van der Waals surface area contributed by atoms with Crippen LogP contribution in [0.5, 0.6) is 0 Å². The molecule has 0 aromatic rings. The average Bonchev–Trinajstić information content (AvgIpc) is 2.80. The molecule has 0 aromatic heterocycles. The van der Waals surface area contributed by atoms with Crippen LogP contribution in [0.3, 0.4) is 0 Å². The molecule has 0 spiro atoms. The van der Waals surface area contributed by atoms with Gasteiger partial charge in [0, 0.05) is 13.1 Å². The monoisotopic (exact) mass is 510 g/mol. The van der Waals surface area contributed by atoms with Crippen molar-refractivity contribution in [3.05, 3.63) is 0 Å². The molecule has 1 aliphatic rings. The van der Waals surface area contributed by atoms with E-state index in [0.717, 1.165) is 51.5 Å². The van der Waals surface area contributed by atoms with Crippen LogP contribution in [-0.4, -0.2) is 74.7 Å². The van der Waals surface area contributed by atoms with Crippen LogP contribution >= 0.6 is 0 Å². The lowest BCUT2D eigenvalue weighted by atomic mass is 9.89. The van der Waals surface area contributed by atoms with E-state index in [1.165, 1.54) is 38.5 Å². The molecule has 36 heavy (non-hydrogen) atoms. The van der Waals surface area contributed by atoms with Gasteiger partial charge in [-0.3, -0.25) is 9.59 Å². The third-order valence-electron chi connectivity index (χ3n) is 7.42. The topological polar surface area (TPSA) is 59.1 Å². The predicted octanol–water partition coefficient (Wildman–Crippen LogP) is 6.18. The molecule has 1 atom stereocenters. The van der Waals surface area contributed by atoms with Crippen LogP contribution in [0, 0.1) is 23.2 Å². The minimum Gasteiger partial charge on any atom is -0.466 e. The molecule has 0 saturated carbocycles. The van der Waals surface area contributed by atoms with Crippen molar-refractivity contribution in [2.45, 2.75) is 106 Å². The number of carbonyl (C=O) groups is 2. The molecule has 0 radical (unpaired) electrons. The van der Waals surface area contributed by atoms with Gasteiger partial charge in [0.2, 0.25) is 0 Å². The van der Waals surface area contributed by atoms with Gasteiger partial charge < -0.3 is 19.3 Å². The van der Waals surface area contributed by atoms with Gasteiger partial charge in [0.25, 0.3) is 0 Å². The Hall–Kier alpha value is -1.14. The van der Waals surface area contributed by atoms with Gasteiger partial charge >= 0.3 is 11.9 Å². The van der Waals surface area contributed by atoms with Crippen LogP contribution in [0.15, 0.2) is 0 Å². The first-order chi connectivity index (χ1) is 16.9. The highest BCUT2D eigenvalue weighted by atomic mass is 16.5. The Kier molecular flexibility index (Phi) is 16.6. The highest BCUT2D eigenvalue weighted by Crippen LogP contribution is 2.24. The summed E-state index contributed by atoms with van der Waals surface area (Å²) in [5.74, 6) is 2.00. The van der Waals surface area contributed by atoms with Crippen molar-refractivity contribution in [1.82, 2.24) is 9.80 Å². The lowest BCUT2D eigenvalue weighted by molar-refractivity contribution is -0.145. The van der Waals surface area contributed by atoms with Gasteiger partial charge in [0.05, 0.1) is 26.1 Å². The standard InChI is InChI=1S/C30H58N2O4/c1-25(2)16-23-35-29(34)15-22-32-20-12-27(13-21-32)10-8-9-26(3)11-18-31(7)19-14-28(33)36-24-17-30(4,5)6/h25-27H,8-24H2,1-7H3. The molecule has 1 saturated heterocycles. The van der Waals surface area contributed by atoms with Crippen molar-refractivity contribution in [3.8, 4) is 0 Å². The molecule has 0 bridgehead atoms. The summed E-state index contributed by atoms with van der Waals surface area (Å²) >= 11 is 0. The Balaban J connectivity index is 2.03. The van der Waals surface area contributed by atoms with Gasteiger partial charge in [-0.05, 0) is 82.0 Å². The number of ether oxygens (including phenoxy) is 2. The van der Waals surface area contributed by atoms with Crippen molar-refractivity contribution in [2.24, 2.45) is 23.2 Å².